The third-order valence-corrected chi connectivity index (χ3v) is 9.40. The molecule has 0 radical (unpaired) electrons. The van der Waals surface area contributed by atoms with Gasteiger partial charge in [-0.05, 0) is 35.2 Å². The number of hydrogen-bond donors (Lipinski definition) is 4. The van der Waals surface area contributed by atoms with Crippen molar-refractivity contribution >= 4 is 16.7 Å². The lowest BCUT2D eigenvalue weighted by Crippen LogP contribution is -2.63. The van der Waals surface area contributed by atoms with Gasteiger partial charge in [0.25, 0.3) is 0 Å². The van der Waals surface area contributed by atoms with Crippen molar-refractivity contribution in [2.45, 2.75) is 61.9 Å². The van der Waals surface area contributed by atoms with Crippen molar-refractivity contribution in [3.05, 3.63) is 41.5 Å². The van der Waals surface area contributed by atoms with E-state index in [4.69, 9.17) is 52.1 Å². The van der Waals surface area contributed by atoms with Crippen LogP contribution in [-0.2, 0) is 35.0 Å². The number of carbonyl (C=O) groups is 1. The van der Waals surface area contributed by atoms with Crippen LogP contribution in [0, 0.1) is 0 Å². The molecule has 0 aromatic heterocycles. The van der Waals surface area contributed by atoms with E-state index >= 15 is 0 Å². The van der Waals surface area contributed by atoms with E-state index in [0.717, 1.165) is 0 Å². The van der Waals surface area contributed by atoms with Crippen LogP contribution in [0.3, 0.4) is 0 Å². The van der Waals surface area contributed by atoms with E-state index in [0.29, 0.717) is 50.5 Å². The summed E-state index contributed by atoms with van der Waals surface area (Å²) in [5.74, 6) is 1.66. The lowest BCUT2D eigenvalue weighted by molar-refractivity contribution is -0.341. The van der Waals surface area contributed by atoms with Gasteiger partial charge in [0, 0.05) is 30.7 Å². The number of rotatable bonds is 10. The van der Waals surface area contributed by atoms with E-state index in [1.807, 2.05) is 6.07 Å². The number of cyclic esters (lactones) is 1. The maximum absolute atomic E-state index is 13.5. The van der Waals surface area contributed by atoms with Gasteiger partial charge in [-0.15, -0.1) is 0 Å². The van der Waals surface area contributed by atoms with Crippen molar-refractivity contribution in [2.24, 2.45) is 0 Å². The second kappa shape index (κ2) is 14.0. The first-order valence-electron chi connectivity index (χ1n) is 15.8. The Kier molecular flexibility index (Phi) is 9.64. The zero-order valence-corrected chi connectivity index (χ0v) is 27.6. The third kappa shape index (κ3) is 5.75. The van der Waals surface area contributed by atoms with Gasteiger partial charge < -0.3 is 72.5 Å². The van der Waals surface area contributed by atoms with E-state index in [2.05, 4.69) is 0 Å². The predicted molar refractivity (Wildman–Crippen MR) is 168 cm³/mol. The molecule has 4 aliphatic rings. The van der Waals surface area contributed by atoms with Crippen LogP contribution in [-0.4, -0.2) is 130 Å². The maximum atomic E-state index is 13.5. The molecular weight excluding hydrogens is 664 g/mol. The molecule has 16 heteroatoms. The average molecular weight is 703 g/mol. The SMILES string of the molecule is COc1cc2c(O[C@@H]3OC[C@H](O[C@@H]4O[C@@H](CO)[C@@H](O)[C@@H](O)[C@H]4O)[C@@H](OC)[C@@H]3OC)c3c(c(-c4ccc5c(c4)OCO5)c2cc1OC)C(=O)OC3. The minimum absolute atomic E-state index is 0.0798. The number of fused-ring (bicyclic) bond motifs is 3. The number of ether oxygens (including phenoxy) is 11. The summed E-state index contributed by atoms with van der Waals surface area (Å²) in [4.78, 5) is 13.5. The summed E-state index contributed by atoms with van der Waals surface area (Å²) >= 11 is 0. The number of esters is 1. The second-order valence-electron chi connectivity index (χ2n) is 12.0. The number of benzene rings is 3. The Bertz CT molecular complexity index is 1740. The molecule has 0 unspecified atom stereocenters. The topological polar surface area (TPSA) is 200 Å². The van der Waals surface area contributed by atoms with Gasteiger partial charge >= 0.3 is 5.97 Å². The molecule has 9 atom stereocenters. The first kappa shape index (κ1) is 34.5. The standard InChI is InChI=1S/C34H38O16/c1-40-19-8-15-16(9-20(19)41-2)29(17-11-44-32(39)25(17)24(15)14-5-6-18-21(7-14)47-13-46-18)50-34-31(43-4)30(42-3)23(12-45-34)49-33-28(38)27(37)26(36)22(10-35)48-33/h5-9,22-23,26-28,30-31,33-38H,10-13H2,1-4H3/t22-,23-,26+,27+,28+,30+,31-,33-,34-/m0/s1. The highest BCUT2D eigenvalue weighted by Gasteiger charge is 2.49. The smallest absolute Gasteiger partial charge is 0.339 e. The van der Waals surface area contributed by atoms with Crippen molar-refractivity contribution in [1.82, 2.24) is 0 Å². The minimum atomic E-state index is -1.64. The van der Waals surface area contributed by atoms with Gasteiger partial charge in [-0.3, -0.25) is 0 Å². The van der Waals surface area contributed by atoms with Gasteiger partial charge in [-0.2, -0.15) is 0 Å². The summed E-state index contributed by atoms with van der Waals surface area (Å²) in [6.07, 6.45) is -11.3. The molecule has 2 saturated heterocycles. The zero-order valence-electron chi connectivity index (χ0n) is 27.6. The van der Waals surface area contributed by atoms with Crippen molar-refractivity contribution in [3.8, 4) is 39.9 Å². The molecule has 0 aliphatic carbocycles. The summed E-state index contributed by atoms with van der Waals surface area (Å²) in [6, 6.07) is 8.89. The molecule has 0 bridgehead atoms. The Labute approximate surface area is 285 Å². The summed E-state index contributed by atoms with van der Waals surface area (Å²) < 4.78 is 63.9. The van der Waals surface area contributed by atoms with Crippen LogP contribution in [0.2, 0.25) is 0 Å². The highest BCUT2D eigenvalue weighted by Crippen LogP contribution is 2.50. The van der Waals surface area contributed by atoms with E-state index in [1.54, 1.807) is 24.3 Å². The quantitative estimate of drug-likeness (QED) is 0.217. The number of methoxy groups -OCH3 is 4. The Morgan fingerprint density at radius 1 is 0.800 bits per heavy atom. The molecule has 0 saturated carbocycles. The van der Waals surface area contributed by atoms with Crippen LogP contribution in [0.4, 0.5) is 0 Å². The summed E-state index contributed by atoms with van der Waals surface area (Å²) in [6.45, 7) is -0.784. The number of aliphatic hydroxyl groups excluding tert-OH is 4. The highest BCUT2D eigenvalue weighted by molar-refractivity contribution is 6.14. The summed E-state index contributed by atoms with van der Waals surface area (Å²) in [5.41, 5.74) is 1.99. The average Bonchev–Trinajstić information content (AvgIpc) is 3.77. The monoisotopic (exact) mass is 702 g/mol. The van der Waals surface area contributed by atoms with Gasteiger partial charge in [-0.25, -0.2) is 4.79 Å². The summed E-state index contributed by atoms with van der Waals surface area (Å²) in [5, 5.41) is 41.8. The molecule has 0 amide bonds. The van der Waals surface area contributed by atoms with E-state index in [9.17, 15) is 25.2 Å². The Balaban J connectivity index is 1.27. The van der Waals surface area contributed by atoms with Crippen LogP contribution in [0.5, 0.6) is 28.7 Å². The Morgan fingerprint density at radius 2 is 1.52 bits per heavy atom. The minimum Gasteiger partial charge on any atom is -0.493 e. The van der Waals surface area contributed by atoms with Crippen molar-refractivity contribution in [2.75, 3.05) is 48.4 Å². The molecule has 16 nitrogen and oxygen atoms in total. The van der Waals surface area contributed by atoms with E-state index in [1.165, 1.54) is 28.4 Å². The van der Waals surface area contributed by atoms with E-state index in [-0.39, 0.29) is 31.3 Å². The van der Waals surface area contributed by atoms with Gasteiger partial charge in [0.1, 0.15) is 55.1 Å². The number of hydrogen-bond acceptors (Lipinski definition) is 16. The van der Waals surface area contributed by atoms with Crippen molar-refractivity contribution in [1.29, 1.82) is 0 Å². The molecule has 2 fully saturated rings. The zero-order chi connectivity index (χ0) is 35.3. The molecule has 3 aromatic carbocycles. The molecule has 270 valence electrons. The first-order valence-corrected chi connectivity index (χ1v) is 15.8. The van der Waals surface area contributed by atoms with Gasteiger partial charge in [0.05, 0.1) is 33.0 Å². The van der Waals surface area contributed by atoms with E-state index < -0.39 is 67.9 Å². The van der Waals surface area contributed by atoms with Crippen LogP contribution in [0.25, 0.3) is 21.9 Å². The van der Waals surface area contributed by atoms with Gasteiger partial charge in [0.2, 0.25) is 13.1 Å². The van der Waals surface area contributed by atoms with Crippen LogP contribution < -0.4 is 23.7 Å². The second-order valence-corrected chi connectivity index (χ2v) is 12.0. The highest BCUT2D eigenvalue weighted by atomic mass is 16.7. The molecule has 50 heavy (non-hydrogen) atoms. The Hall–Kier alpha value is -3.97. The molecule has 4 heterocycles. The fourth-order valence-corrected chi connectivity index (χ4v) is 6.86. The lowest BCUT2D eigenvalue weighted by atomic mass is 9.89. The summed E-state index contributed by atoms with van der Waals surface area (Å²) in [7, 11) is 5.88. The fraction of sp³-hybridized carbons (Fsp3) is 0.500. The third-order valence-electron chi connectivity index (χ3n) is 9.40. The fourth-order valence-electron chi connectivity index (χ4n) is 6.86. The van der Waals surface area contributed by atoms with Gasteiger partial charge in [0.15, 0.2) is 29.3 Å². The first-order chi connectivity index (χ1) is 24.2. The molecule has 4 N–H and O–H groups in total. The number of aliphatic hydroxyl groups is 4. The molecule has 7 rings (SSSR count). The number of carbonyl (C=O) groups excluding carboxylic acids is 1. The Morgan fingerprint density at radius 3 is 2.22 bits per heavy atom. The van der Waals surface area contributed by atoms with Crippen LogP contribution >= 0.6 is 0 Å². The molecule has 3 aromatic rings. The maximum Gasteiger partial charge on any atom is 0.339 e. The molecular formula is C34H38O16. The van der Waals surface area contributed by atoms with Crippen molar-refractivity contribution < 1.29 is 77.3 Å². The molecule has 0 spiro atoms. The van der Waals surface area contributed by atoms with Crippen molar-refractivity contribution in [3.63, 3.8) is 0 Å². The normalized spacial score (nSPS) is 30.2. The van der Waals surface area contributed by atoms with Crippen LogP contribution in [0.1, 0.15) is 15.9 Å². The predicted octanol–water partition coefficient (Wildman–Crippen LogP) is 0.873. The molecule has 4 aliphatic heterocycles. The largest absolute Gasteiger partial charge is 0.493 e. The van der Waals surface area contributed by atoms with Crippen LogP contribution in [0.15, 0.2) is 30.3 Å². The van der Waals surface area contributed by atoms with Gasteiger partial charge in [-0.1, -0.05) is 6.07 Å². The lowest BCUT2D eigenvalue weighted by Gasteiger charge is -2.45.